The zero-order valence-electron chi connectivity index (χ0n) is 11.6. The first-order valence-corrected chi connectivity index (χ1v) is 6.44. The molecule has 1 aromatic carbocycles. The molecule has 0 radical (unpaired) electrons. The summed E-state index contributed by atoms with van der Waals surface area (Å²) < 4.78 is 49.8. The number of halogens is 3. The average Bonchev–Trinajstić information content (AvgIpc) is 2.81. The van der Waals surface area contributed by atoms with Crippen molar-refractivity contribution in [3.05, 3.63) is 53.5 Å². The van der Waals surface area contributed by atoms with Crippen LogP contribution in [0.15, 0.2) is 40.8 Å². The Morgan fingerprint density at radius 1 is 1.14 bits per heavy atom. The van der Waals surface area contributed by atoms with Crippen LogP contribution < -0.4 is 10.5 Å². The lowest BCUT2D eigenvalue weighted by molar-refractivity contribution is -0.139. The predicted octanol–water partition coefficient (Wildman–Crippen LogP) is 4.07. The van der Waals surface area contributed by atoms with Gasteiger partial charge in [-0.25, -0.2) is 0 Å². The molecule has 0 aliphatic carbocycles. The fourth-order valence-corrected chi connectivity index (χ4v) is 1.97. The Kier molecular flexibility index (Phi) is 4.27. The first-order chi connectivity index (χ1) is 9.79. The van der Waals surface area contributed by atoms with Crippen molar-refractivity contribution in [1.29, 1.82) is 0 Å². The van der Waals surface area contributed by atoms with Crippen LogP contribution in [-0.4, -0.2) is 6.04 Å². The summed E-state index contributed by atoms with van der Waals surface area (Å²) in [4.78, 5) is 0. The normalized spacial score (nSPS) is 14.8. The molecule has 0 saturated carbocycles. The van der Waals surface area contributed by atoms with E-state index in [1.807, 2.05) is 0 Å². The molecule has 2 rings (SSSR count). The number of hydrogen-bond donors (Lipinski definition) is 1. The lowest BCUT2D eigenvalue weighted by Gasteiger charge is -2.22. The Morgan fingerprint density at radius 3 is 2.33 bits per heavy atom. The summed E-state index contributed by atoms with van der Waals surface area (Å²) in [7, 11) is 0. The molecular weight excluding hydrogens is 283 g/mol. The highest BCUT2D eigenvalue weighted by molar-refractivity contribution is 5.36. The van der Waals surface area contributed by atoms with E-state index in [9.17, 15) is 13.2 Å². The Bertz CT molecular complexity index is 605. The number of nitrogens with two attached hydrogens (primary N) is 1. The van der Waals surface area contributed by atoms with Crippen molar-refractivity contribution in [2.45, 2.75) is 32.2 Å². The van der Waals surface area contributed by atoms with Gasteiger partial charge in [0, 0.05) is 6.04 Å². The summed E-state index contributed by atoms with van der Waals surface area (Å²) in [6.45, 7) is 3.39. The van der Waals surface area contributed by atoms with Gasteiger partial charge in [-0.3, -0.25) is 0 Å². The van der Waals surface area contributed by atoms with E-state index in [1.54, 1.807) is 26.0 Å². The maximum atomic E-state index is 13.0. The molecule has 3 nitrogen and oxygen atoms in total. The minimum Gasteiger partial charge on any atom is -0.480 e. The van der Waals surface area contributed by atoms with Gasteiger partial charge in [-0.2, -0.15) is 13.2 Å². The third kappa shape index (κ3) is 3.58. The SMILES string of the molecule is Cc1ccc(C(Oc2ccccc2C(F)(F)F)C(C)N)o1. The van der Waals surface area contributed by atoms with Crippen LogP contribution in [0.4, 0.5) is 13.2 Å². The first kappa shape index (κ1) is 15.4. The van der Waals surface area contributed by atoms with Crippen LogP contribution in [0.5, 0.6) is 5.75 Å². The second-order valence-corrected chi connectivity index (χ2v) is 4.84. The molecule has 2 unspecified atom stereocenters. The van der Waals surface area contributed by atoms with Gasteiger partial charge in [0.2, 0.25) is 0 Å². The van der Waals surface area contributed by atoms with Crippen LogP contribution in [0.1, 0.15) is 30.1 Å². The van der Waals surface area contributed by atoms with Crippen molar-refractivity contribution < 1.29 is 22.3 Å². The molecule has 0 saturated heterocycles. The van der Waals surface area contributed by atoms with E-state index in [0.29, 0.717) is 11.5 Å². The van der Waals surface area contributed by atoms with Gasteiger partial charge in [-0.15, -0.1) is 0 Å². The highest BCUT2D eigenvalue weighted by Gasteiger charge is 2.35. The monoisotopic (exact) mass is 299 g/mol. The van der Waals surface area contributed by atoms with E-state index < -0.39 is 23.9 Å². The van der Waals surface area contributed by atoms with Crippen LogP contribution in [0.25, 0.3) is 0 Å². The number of hydrogen-bond acceptors (Lipinski definition) is 3. The molecule has 0 aliphatic heterocycles. The molecule has 0 bridgehead atoms. The molecule has 0 amide bonds. The molecule has 0 fully saturated rings. The van der Waals surface area contributed by atoms with Crippen molar-refractivity contribution >= 4 is 0 Å². The lowest BCUT2D eigenvalue weighted by Crippen LogP contribution is -2.29. The van der Waals surface area contributed by atoms with Crippen molar-refractivity contribution in [1.82, 2.24) is 0 Å². The van der Waals surface area contributed by atoms with Crippen molar-refractivity contribution in [3.63, 3.8) is 0 Å². The third-order valence-corrected chi connectivity index (χ3v) is 2.97. The summed E-state index contributed by atoms with van der Waals surface area (Å²) >= 11 is 0. The lowest BCUT2D eigenvalue weighted by atomic mass is 10.1. The smallest absolute Gasteiger partial charge is 0.419 e. The number of ether oxygens (including phenoxy) is 1. The molecule has 0 aliphatic rings. The Labute approximate surface area is 120 Å². The standard InChI is InChI=1S/C15H16F3NO2/c1-9-7-8-13(20-9)14(10(2)19)21-12-6-4-3-5-11(12)15(16,17)18/h3-8,10,14H,19H2,1-2H3. The van der Waals surface area contributed by atoms with Crippen LogP contribution in [-0.2, 0) is 6.18 Å². The fraction of sp³-hybridized carbons (Fsp3) is 0.333. The Hall–Kier alpha value is -1.95. The predicted molar refractivity (Wildman–Crippen MR) is 71.9 cm³/mol. The summed E-state index contributed by atoms with van der Waals surface area (Å²) in [5.74, 6) is 0.782. The molecule has 114 valence electrons. The van der Waals surface area contributed by atoms with Gasteiger partial charge in [0.25, 0.3) is 0 Å². The van der Waals surface area contributed by atoms with E-state index in [1.165, 1.54) is 18.2 Å². The summed E-state index contributed by atoms with van der Waals surface area (Å²) in [6, 6.07) is 7.87. The Morgan fingerprint density at radius 2 is 1.81 bits per heavy atom. The van der Waals surface area contributed by atoms with Crippen LogP contribution >= 0.6 is 0 Å². The van der Waals surface area contributed by atoms with Gasteiger partial charge < -0.3 is 14.9 Å². The van der Waals surface area contributed by atoms with Gasteiger partial charge in [-0.1, -0.05) is 12.1 Å². The maximum absolute atomic E-state index is 13.0. The average molecular weight is 299 g/mol. The summed E-state index contributed by atoms with van der Waals surface area (Å²) in [5, 5.41) is 0. The third-order valence-electron chi connectivity index (χ3n) is 2.97. The van der Waals surface area contributed by atoms with Crippen LogP contribution in [0.3, 0.4) is 0 Å². The van der Waals surface area contributed by atoms with E-state index in [-0.39, 0.29) is 5.75 Å². The minimum atomic E-state index is -4.49. The number of rotatable bonds is 4. The molecule has 6 heteroatoms. The molecule has 2 aromatic rings. The number of aryl methyl sites for hydroxylation is 1. The van der Waals surface area contributed by atoms with E-state index >= 15 is 0 Å². The molecule has 21 heavy (non-hydrogen) atoms. The number of alkyl halides is 3. The highest BCUT2D eigenvalue weighted by Crippen LogP contribution is 2.38. The van der Waals surface area contributed by atoms with Crippen molar-refractivity contribution in [2.24, 2.45) is 5.73 Å². The van der Waals surface area contributed by atoms with Crippen molar-refractivity contribution in [3.8, 4) is 5.75 Å². The van der Waals surface area contributed by atoms with E-state index in [4.69, 9.17) is 14.9 Å². The summed E-state index contributed by atoms with van der Waals surface area (Å²) in [6.07, 6.45) is -5.28. The molecule has 1 heterocycles. The molecule has 2 atom stereocenters. The molecular formula is C15H16F3NO2. The number of benzene rings is 1. The molecule has 2 N–H and O–H groups in total. The van der Waals surface area contributed by atoms with Gasteiger partial charge in [0.05, 0.1) is 5.56 Å². The zero-order chi connectivity index (χ0) is 15.6. The highest BCUT2D eigenvalue weighted by atomic mass is 19.4. The topological polar surface area (TPSA) is 48.4 Å². The molecule has 0 spiro atoms. The van der Waals surface area contributed by atoms with Crippen molar-refractivity contribution in [2.75, 3.05) is 0 Å². The van der Waals surface area contributed by atoms with Gasteiger partial charge in [0.15, 0.2) is 6.10 Å². The van der Waals surface area contributed by atoms with E-state index in [2.05, 4.69) is 0 Å². The Balaban J connectivity index is 2.34. The maximum Gasteiger partial charge on any atom is 0.419 e. The second-order valence-electron chi connectivity index (χ2n) is 4.84. The van der Waals surface area contributed by atoms with Gasteiger partial charge >= 0.3 is 6.18 Å². The number of para-hydroxylation sites is 1. The summed E-state index contributed by atoms with van der Waals surface area (Å²) in [5.41, 5.74) is 4.98. The largest absolute Gasteiger partial charge is 0.480 e. The van der Waals surface area contributed by atoms with Gasteiger partial charge in [-0.05, 0) is 38.1 Å². The zero-order valence-corrected chi connectivity index (χ0v) is 11.6. The fourth-order valence-electron chi connectivity index (χ4n) is 1.97. The minimum absolute atomic E-state index is 0.263. The number of furan rings is 1. The van der Waals surface area contributed by atoms with Crippen LogP contribution in [0, 0.1) is 6.92 Å². The van der Waals surface area contributed by atoms with Gasteiger partial charge in [0.1, 0.15) is 17.3 Å². The van der Waals surface area contributed by atoms with Crippen LogP contribution in [0.2, 0.25) is 0 Å². The molecule has 1 aromatic heterocycles. The van der Waals surface area contributed by atoms with E-state index in [0.717, 1.165) is 6.07 Å². The quantitative estimate of drug-likeness (QED) is 0.925. The first-order valence-electron chi connectivity index (χ1n) is 6.44. The second kappa shape index (κ2) is 5.81.